The topological polar surface area (TPSA) is 94.5 Å². The van der Waals surface area contributed by atoms with Crippen molar-refractivity contribution in [1.82, 2.24) is 4.90 Å². The third-order valence-electron chi connectivity index (χ3n) is 5.01. The highest BCUT2D eigenvalue weighted by molar-refractivity contribution is 7.90. The van der Waals surface area contributed by atoms with Crippen molar-refractivity contribution in [3.63, 3.8) is 0 Å². The Hall–Kier alpha value is -2.91. The van der Waals surface area contributed by atoms with Gasteiger partial charge in [0.05, 0.1) is 23.8 Å². The second-order valence-corrected chi connectivity index (χ2v) is 9.40. The van der Waals surface area contributed by atoms with Gasteiger partial charge in [-0.25, -0.2) is 8.42 Å². The van der Waals surface area contributed by atoms with Gasteiger partial charge in [0, 0.05) is 19.3 Å². The molecular weight excluding hydrogens is 432 g/mol. The Labute approximate surface area is 188 Å². The normalized spacial score (nSPS) is 14.8. The van der Waals surface area contributed by atoms with Crippen molar-refractivity contribution >= 4 is 21.5 Å². The summed E-state index contributed by atoms with van der Waals surface area (Å²) in [5.41, 5.74) is 2.49. The third kappa shape index (κ3) is 6.80. The van der Waals surface area contributed by atoms with Gasteiger partial charge in [0.15, 0.2) is 16.4 Å². The van der Waals surface area contributed by atoms with Crippen LogP contribution in [-0.4, -0.2) is 64.1 Å². The number of benzene rings is 2. The molecule has 32 heavy (non-hydrogen) atoms. The third-order valence-corrected chi connectivity index (χ3v) is 6.13. The van der Waals surface area contributed by atoms with Crippen molar-refractivity contribution in [2.75, 3.05) is 39.2 Å². The number of rotatable bonds is 9. The molecule has 172 valence electrons. The lowest BCUT2D eigenvalue weighted by molar-refractivity contribution is -0.137. The quantitative estimate of drug-likeness (QED) is 0.422. The molecule has 1 aliphatic rings. The maximum atomic E-state index is 12.2. The molecule has 1 fully saturated rings. The first kappa shape index (κ1) is 23.7. The SMILES string of the molecule is CC/C(=N/OCc1ccc(S(C)(=O)=O)cc1)c1ccc(OCC(=O)N2CCOCC2)cc1. The van der Waals surface area contributed by atoms with Crippen LogP contribution in [0.5, 0.6) is 5.75 Å². The molecular formula is C23H28N2O6S. The number of sulfone groups is 1. The Bertz CT molecular complexity index is 1030. The lowest BCUT2D eigenvalue weighted by Crippen LogP contribution is -2.42. The second kappa shape index (κ2) is 11.1. The van der Waals surface area contributed by atoms with E-state index in [1.54, 1.807) is 41.3 Å². The van der Waals surface area contributed by atoms with Crippen molar-refractivity contribution in [2.45, 2.75) is 24.8 Å². The van der Waals surface area contributed by atoms with Crippen molar-refractivity contribution < 1.29 is 27.5 Å². The molecule has 0 atom stereocenters. The van der Waals surface area contributed by atoms with Gasteiger partial charge in [0.1, 0.15) is 12.4 Å². The molecule has 0 N–H and O–H groups in total. The maximum absolute atomic E-state index is 12.2. The van der Waals surface area contributed by atoms with E-state index in [-0.39, 0.29) is 24.0 Å². The number of hydrogen-bond donors (Lipinski definition) is 0. The molecule has 2 aromatic carbocycles. The fourth-order valence-corrected chi connectivity index (χ4v) is 3.76. The lowest BCUT2D eigenvalue weighted by Gasteiger charge is -2.26. The Morgan fingerprint density at radius 2 is 1.72 bits per heavy atom. The van der Waals surface area contributed by atoms with E-state index in [4.69, 9.17) is 14.3 Å². The molecule has 0 spiro atoms. The van der Waals surface area contributed by atoms with Crippen LogP contribution in [0.4, 0.5) is 0 Å². The van der Waals surface area contributed by atoms with E-state index in [0.717, 1.165) is 16.8 Å². The predicted octanol–water partition coefficient (Wildman–Crippen LogP) is 2.66. The van der Waals surface area contributed by atoms with E-state index >= 15 is 0 Å². The Morgan fingerprint density at radius 1 is 1.06 bits per heavy atom. The molecule has 1 amide bonds. The van der Waals surface area contributed by atoms with E-state index in [9.17, 15) is 13.2 Å². The number of amides is 1. The summed E-state index contributed by atoms with van der Waals surface area (Å²) in [6, 6.07) is 13.9. The minimum atomic E-state index is -3.22. The van der Waals surface area contributed by atoms with E-state index in [1.807, 2.05) is 19.1 Å². The fourth-order valence-electron chi connectivity index (χ4n) is 3.13. The van der Waals surface area contributed by atoms with Gasteiger partial charge in [-0.2, -0.15) is 0 Å². The van der Waals surface area contributed by atoms with Crippen molar-refractivity contribution in [1.29, 1.82) is 0 Å². The molecule has 3 rings (SSSR count). The highest BCUT2D eigenvalue weighted by atomic mass is 32.2. The number of oxime groups is 1. The van der Waals surface area contributed by atoms with E-state index in [2.05, 4.69) is 5.16 Å². The monoisotopic (exact) mass is 460 g/mol. The summed E-state index contributed by atoms with van der Waals surface area (Å²) in [6.07, 6.45) is 1.84. The van der Waals surface area contributed by atoms with Crippen LogP contribution in [-0.2, 0) is 30.8 Å². The van der Waals surface area contributed by atoms with Crippen molar-refractivity contribution in [3.05, 3.63) is 59.7 Å². The molecule has 0 aliphatic carbocycles. The summed E-state index contributed by atoms with van der Waals surface area (Å²) in [7, 11) is -3.22. The maximum Gasteiger partial charge on any atom is 0.260 e. The minimum absolute atomic E-state index is 0.00466. The molecule has 0 saturated carbocycles. The summed E-state index contributed by atoms with van der Waals surface area (Å²) >= 11 is 0. The van der Waals surface area contributed by atoms with Crippen LogP contribution in [0.25, 0.3) is 0 Å². The number of carbonyl (C=O) groups excluding carboxylic acids is 1. The van der Waals surface area contributed by atoms with Gasteiger partial charge in [-0.3, -0.25) is 4.79 Å². The number of carbonyl (C=O) groups is 1. The summed E-state index contributed by atoms with van der Waals surface area (Å²) in [6.45, 7) is 4.53. The molecule has 8 nitrogen and oxygen atoms in total. The number of morpholine rings is 1. The predicted molar refractivity (Wildman–Crippen MR) is 121 cm³/mol. The number of ether oxygens (including phenoxy) is 2. The molecule has 0 radical (unpaired) electrons. The summed E-state index contributed by atoms with van der Waals surface area (Å²) < 4.78 is 33.9. The van der Waals surface area contributed by atoms with Crippen LogP contribution in [0, 0.1) is 0 Å². The van der Waals surface area contributed by atoms with E-state index in [1.165, 1.54) is 6.26 Å². The molecule has 9 heteroatoms. The summed E-state index contributed by atoms with van der Waals surface area (Å²) in [4.78, 5) is 19.7. The van der Waals surface area contributed by atoms with Crippen LogP contribution in [0.15, 0.2) is 58.6 Å². The first-order chi connectivity index (χ1) is 15.4. The van der Waals surface area contributed by atoms with Crippen LogP contribution in [0.3, 0.4) is 0 Å². The zero-order valence-corrected chi connectivity index (χ0v) is 19.1. The Balaban J connectivity index is 1.52. The number of nitrogens with zero attached hydrogens (tertiary/aromatic N) is 2. The first-order valence-electron chi connectivity index (χ1n) is 10.4. The van der Waals surface area contributed by atoms with E-state index in [0.29, 0.717) is 38.5 Å². The van der Waals surface area contributed by atoms with Crippen LogP contribution in [0.2, 0.25) is 0 Å². The first-order valence-corrected chi connectivity index (χ1v) is 12.3. The van der Waals surface area contributed by atoms with Crippen LogP contribution >= 0.6 is 0 Å². The minimum Gasteiger partial charge on any atom is -0.484 e. The lowest BCUT2D eigenvalue weighted by atomic mass is 10.1. The average molecular weight is 461 g/mol. The van der Waals surface area contributed by atoms with Gasteiger partial charge < -0.3 is 19.2 Å². The molecule has 1 aliphatic heterocycles. The smallest absolute Gasteiger partial charge is 0.260 e. The Kier molecular flexibility index (Phi) is 8.24. The standard InChI is InChI=1S/C23H28N2O6S/c1-3-22(24-31-16-18-4-10-21(11-5-18)32(2,27)28)19-6-8-20(9-7-19)30-17-23(26)25-12-14-29-15-13-25/h4-11H,3,12-17H2,1-2H3/b24-22-. The molecule has 0 unspecified atom stereocenters. The second-order valence-electron chi connectivity index (χ2n) is 7.39. The Morgan fingerprint density at radius 3 is 2.31 bits per heavy atom. The zero-order valence-electron chi connectivity index (χ0n) is 18.3. The molecule has 0 bridgehead atoms. The largest absolute Gasteiger partial charge is 0.484 e. The van der Waals surface area contributed by atoms with E-state index < -0.39 is 9.84 Å². The van der Waals surface area contributed by atoms with Gasteiger partial charge >= 0.3 is 0 Å². The highest BCUT2D eigenvalue weighted by Gasteiger charge is 2.17. The summed E-state index contributed by atoms with van der Waals surface area (Å²) in [5.74, 6) is 0.559. The average Bonchev–Trinajstić information content (AvgIpc) is 2.81. The van der Waals surface area contributed by atoms with Gasteiger partial charge in [-0.05, 0) is 53.9 Å². The van der Waals surface area contributed by atoms with Gasteiger partial charge in [-0.1, -0.05) is 24.2 Å². The molecule has 1 heterocycles. The molecule has 0 aromatic heterocycles. The van der Waals surface area contributed by atoms with Crippen molar-refractivity contribution in [2.24, 2.45) is 5.16 Å². The number of hydrogen-bond acceptors (Lipinski definition) is 7. The van der Waals surface area contributed by atoms with Gasteiger partial charge in [0.25, 0.3) is 5.91 Å². The fraction of sp³-hybridized carbons (Fsp3) is 0.391. The highest BCUT2D eigenvalue weighted by Crippen LogP contribution is 2.16. The van der Waals surface area contributed by atoms with Gasteiger partial charge in [0.2, 0.25) is 0 Å². The van der Waals surface area contributed by atoms with Crippen LogP contribution in [0.1, 0.15) is 24.5 Å². The van der Waals surface area contributed by atoms with Crippen molar-refractivity contribution in [3.8, 4) is 5.75 Å². The zero-order chi connectivity index (χ0) is 23.0. The summed E-state index contributed by atoms with van der Waals surface area (Å²) in [5, 5.41) is 4.23. The van der Waals surface area contributed by atoms with Gasteiger partial charge in [-0.15, -0.1) is 0 Å². The van der Waals surface area contributed by atoms with Crippen LogP contribution < -0.4 is 4.74 Å². The molecule has 2 aromatic rings. The molecule has 1 saturated heterocycles.